The molecular formula is C18H20. The van der Waals surface area contributed by atoms with Gasteiger partial charge in [0.1, 0.15) is 0 Å². The minimum Gasteiger partial charge on any atom is -0.0879 e. The molecule has 1 aliphatic rings. The molecule has 0 aliphatic heterocycles. The second-order valence-electron chi connectivity index (χ2n) is 5.24. The highest BCUT2D eigenvalue weighted by Gasteiger charge is 2.12. The fraction of sp³-hybridized carbons (Fsp3) is 0.333. The van der Waals surface area contributed by atoms with Crippen LogP contribution in [0.2, 0.25) is 0 Å². The number of allylic oxidation sites excluding steroid dienone is 2. The SMILES string of the molecule is C1=C[C@@H](c2cccc3ccccc23)CCCCC1. The molecule has 1 aliphatic carbocycles. The molecule has 0 spiro atoms. The van der Waals surface area contributed by atoms with Gasteiger partial charge in [0.15, 0.2) is 0 Å². The largest absolute Gasteiger partial charge is 0.0879 e. The minimum absolute atomic E-state index is 0.608. The first kappa shape index (κ1) is 11.5. The van der Waals surface area contributed by atoms with Gasteiger partial charge in [0.05, 0.1) is 0 Å². The molecule has 3 rings (SSSR count). The van der Waals surface area contributed by atoms with Crippen LogP contribution in [0.1, 0.15) is 43.6 Å². The molecule has 0 amide bonds. The zero-order valence-corrected chi connectivity index (χ0v) is 10.8. The standard InChI is InChI=1S/C18H20/c1-2-4-9-15(10-5-3-1)18-14-8-12-16-11-6-7-13-17(16)18/h4,6-9,11-15H,1-3,5,10H2/t15-/m1/s1. The summed E-state index contributed by atoms with van der Waals surface area (Å²) in [7, 11) is 0. The molecular weight excluding hydrogens is 216 g/mol. The quantitative estimate of drug-likeness (QED) is 0.578. The van der Waals surface area contributed by atoms with Crippen LogP contribution < -0.4 is 0 Å². The number of benzene rings is 2. The Morgan fingerprint density at radius 2 is 1.72 bits per heavy atom. The van der Waals surface area contributed by atoms with E-state index in [4.69, 9.17) is 0 Å². The lowest BCUT2D eigenvalue weighted by atomic mass is 9.87. The van der Waals surface area contributed by atoms with E-state index in [9.17, 15) is 0 Å². The predicted molar refractivity (Wildman–Crippen MR) is 78.9 cm³/mol. The van der Waals surface area contributed by atoms with Gasteiger partial charge in [-0.05, 0) is 35.6 Å². The highest BCUT2D eigenvalue weighted by atomic mass is 14.2. The summed E-state index contributed by atoms with van der Waals surface area (Å²) in [4.78, 5) is 0. The maximum absolute atomic E-state index is 2.43. The molecule has 0 N–H and O–H groups in total. The van der Waals surface area contributed by atoms with E-state index in [-0.39, 0.29) is 0 Å². The number of rotatable bonds is 1. The summed E-state index contributed by atoms with van der Waals surface area (Å²) in [5, 5.41) is 2.79. The lowest BCUT2D eigenvalue weighted by Crippen LogP contribution is -1.98. The van der Waals surface area contributed by atoms with E-state index in [0.29, 0.717) is 5.92 Å². The van der Waals surface area contributed by atoms with Crippen molar-refractivity contribution in [3.8, 4) is 0 Å². The Morgan fingerprint density at radius 3 is 2.72 bits per heavy atom. The smallest absolute Gasteiger partial charge is 0.00241 e. The normalized spacial score (nSPS) is 20.6. The fourth-order valence-corrected chi connectivity index (χ4v) is 2.99. The second-order valence-corrected chi connectivity index (χ2v) is 5.24. The Labute approximate surface area is 109 Å². The highest BCUT2D eigenvalue weighted by molar-refractivity contribution is 5.86. The van der Waals surface area contributed by atoms with Crippen molar-refractivity contribution < 1.29 is 0 Å². The van der Waals surface area contributed by atoms with E-state index < -0.39 is 0 Å². The summed E-state index contributed by atoms with van der Waals surface area (Å²) in [6.45, 7) is 0. The lowest BCUT2D eigenvalue weighted by molar-refractivity contribution is 0.600. The van der Waals surface area contributed by atoms with Crippen molar-refractivity contribution >= 4 is 10.8 Å². The molecule has 2 aromatic carbocycles. The summed E-state index contributed by atoms with van der Waals surface area (Å²) >= 11 is 0. The van der Waals surface area contributed by atoms with Gasteiger partial charge in [-0.1, -0.05) is 67.5 Å². The molecule has 2 aromatic rings. The fourth-order valence-electron chi connectivity index (χ4n) is 2.99. The third kappa shape index (κ3) is 2.33. The Bertz CT molecular complexity index is 545. The Hall–Kier alpha value is -1.56. The summed E-state index contributed by atoms with van der Waals surface area (Å²) < 4.78 is 0. The van der Waals surface area contributed by atoms with Gasteiger partial charge in [0, 0.05) is 5.92 Å². The van der Waals surface area contributed by atoms with E-state index in [1.54, 1.807) is 0 Å². The number of hydrogen-bond acceptors (Lipinski definition) is 0. The van der Waals surface area contributed by atoms with Crippen LogP contribution in [-0.2, 0) is 0 Å². The molecule has 0 unspecified atom stereocenters. The second kappa shape index (κ2) is 5.39. The molecule has 92 valence electrons. The van der Waals surface area contributed by atoms with Crippen molar-refractivity contribution in [2.75, 3.05) is 0 Å². The zero-order valence-electron chi connectivity index (χ0n) is 10.8. The first-order valence-corrected chi connectivity index (χ1v) is 7.09. The van der Waals surface area contributed by atoms with Crippen LogP contribution in [0.5, 0.6) is 0 Å². The first-order valence-electron chi connectivity index (χ1n) is 7.09. The molecule has 0 bridgehead atoms. The molecule has 0 aromatic heterocycles. The van der Waals surface area contributed by atoms with Crippen molar-refractivity contribution in [1.82, 2.24) is 0 Å². The minimum atomic E-state index is 0.608. The summed E-state index contributed by atoms with van der Waals surface area (Å²) in [6, 6.07) is 15.5. The molecule has 1 atom stereocenters. The van der Waals surface area contributed by atoms with E-state index >= 15 is 0 Å². The van der Waals surface area contributed by atoms with Crippen molar-refractivity contribution in [1.29, 1.82) is 0 Å². The number of hydrogen-bond donors (Lipinski definition) is 0. The van der Waals surface area contributed by atoms with Crippen LogP contribution in [0.3, 0.4) is 0 Å². The van der Waals surface area contributed by atoms with Gasteiger partial charge in [-0.3, -0.25) is 0 Å². The van der Waals surface area contributed by atoms with Crippen molar-refractivity contribution in [3.05, 3.63) is 60.2 Å². The van der Waals surface area contributed by atoms with Crippen LogP contribution in [-0.4, -0.2) is 0 Å². The summed E-state index contributed by atoms with van der Waals surface area (Å²) in [6.07, 6.45) is 11.5. The summed E-state index contributed by atoms with van der Waals surface area (Å²) in [5.74, 6) is 0.608. The average molecular weight is 236 g/mol. The van der Waals surface area contributed by atoms with Crippen LogP contribution in [0.15, 0.2) is 54.6 Å². The Balaban J connectivity index is 2.04. The van der Waals surface area contributed by atoms with Crippen LogP contribution in [0, 0.1) is 0 Å². The van der Waals surface area contributed by atoms with Gasteiger partial charge < -0.3 is 0 Å². The van der Waals surface area contributed by atoms with Gasteiger partial charge >= 0.3 is 0 Å². The molecule has 0 saturated heterocycles. The molecule has 0 heterocycles. The van der Waals surface area contributed by atoms with Gasteiger partial charge in [0.25, 0.3) is 0 Å². The van der Waals surface area contributed by atoms with Crippen LogP contribution in [0.25, 0.3) is 10.8 Å². The molecule has 0 radical (unpaired) electrons. The van der Waals surface area contributed by atoms with Gasteiger partial charge in [-0.25, -0.2) is 0 Å². The lowest BCUT2D eigenvalue weighted by Gasteiger charge is -2.17. The molecule has 0 heteroatoms. The van der Waals surface area contributed by atoms with E-state index in [1.165, 1.54) is 48.4 Å². The Morgan fingerprint density at radius 1 is 0.833 bits per heavy atom. The van der Waals surface area contributed by atoms with E-state index in [1.807, 2.05) is 0 Å². The van der Waals surface area contributed by atoms with Gasteiger partial charge in [-0.15, -0.1) is 0 Å². The maximum Gasteiger partial charge on any atom is 0.00241 e. The van der Waals surface area contributed by atoms with Crippen LogP contribution in [0.4, 0.5) is 0 Å². The molecule has 18 heavy (non-hydrogen) atoms. The van der Waals surface area contributed by atoms with Crippen LogP contribution >= 0.6 is 0 Å². The number of fused-ring (bicyclic) bond motifs is 1. The Kier molecular flexibility index (Phi) is 3.45. The topological polar surface area (TPSA) is 0 Å². The monoisotopic (exact) mass is 236 g/mol. The summed E-state index contributed by atoms with van der Waals surface area (Å²) in [5.41, 5.74) is 1.51. The van der Waals surface area contributed by atoms with Gasteiger partial charge in [-0.2, -0.15) is 0 Å². The third-order valence-corrected chi connectivity index (χ3v) is 3.98. The van der Waals surface area contributed by atoms with E-state index in [0.717, 1.165) is 0 Å². The third-order valence-electron chi connectivity index (χ3n) is 3.98. The van der Waals surface area contributed by atoms with E-state index in [2.05, 4.69) is 54.6 Å². The first-order chi connectivity index (χ1) is 8.95. The van der Waals surface area contributed by atoms with Crippen molar-refractivity contribution in [2.24, 2.45) is 0 Å². The molecule has 0 saturated carbocycles. The van der Waals surface area contributed by atoms with Crippen molar-refractivity contribution in [3.63, 3.8) is 0 Å². The zero-order chi connectivity index (χ0) is 12.2. The molecule has 0 fully saturated rings. The highest BCUT2D eigenvalue weighted by Crippen LogP contribution is 2.31. The predicted octanol–water partition coefficient (Wildman–Crippen LogP) is 5.44. The average Bonchev–Trinajstić information content (AvgIpc) is 2.38. The molecule has 0 nitrogen and oxygen atoms in total. The maximum atomic E-state index is 2.43. The van der Waals surface area contributed by atoms with Gasteiger partial charge in [0.2, 0.25) is 0 Å². The van der Waals surface area contributed by atoms with Crippen molar-refractivity contribution in [2.45, 2.75) is 38.0 Å².